The van der Waals surface area contributed by atoms with Gasteiger partial charge in [-0.3, -0.25) is 0 Å². The highest BCUT2D eigenvalue weighted by atomic mass is 16.5. The average Bonchev–Trinajstić information content (AvgIpc) is 2.67. The number of hydrogen-bond donors (Lipinski definition) is 0. The Morgan fingerprint density at radius 3 is 2.77 bits per heavy atom. The molecule has 1 aromatic rings. The van der Waals surface area contributed by atoms with Crippen LogP contribution in [0.3, 0.4) is 0 Å². The standard InChI is InChI=1S/C11H11NO/c1-2-10-8-13-11(12-10)9-6-4-3-5-7-9/h2-7,10H,1,8H2. The van der Waals surface area contributed by atoms with Gasteiger partial charge >= 0.3 is 0 Å². The third kappa shape index (κ3) is 1.61. The molecule has 13 heavy (non-hydrogen) atoms. The molecule has 2 nitrogen and oxygen atoms in total. The Kier molecular flexibility index (Phi) is 2.13. The van der Waals surface area contributed by atoms with Crippen molar-refractivity contribution < 1.29 is 4.74 Å². The van der Waals surface area contributed by atoms with Crippen LogP contribution in [0.25, 0.3) is 0 Å². The molecule has 1 unspecified atom stereocenters. The predicted octanol–water partition coefficient (Wildman–Crippen LogP) is 2.02. The number of hydrogen-bond acceptors (Lipinski definition) is 2. The quantitative estimate of drug-likeness (QED) is 0.627. The molecule has 0 aliphatic carbocycles. The third-order valence-corrected chi connectivity index (χ3v) is 1.97. The second-order valence-corrected chi connectivity index (χ2v) is 2.91. The summed E-state index contributed by atoms with van der Waals surface area (Å²) in [5, 5.41) is 0. The average molecular weight is 173 g/mol. The molecule has 2 rings (SSSR count). The molecule has 0 aromatic heterocycles. The lowest BCUT2D eigenvalue weighted by atomic mass is 10.2. The number of nitrogens with zero attached hydrogens (tertiary/aromatic N) is 1. The number of ether oxygens (including phenoxy) is 1. The van der Waals surface area contributed by atoms with Gasteiger partial charge in [0.15, 0.2) is 0 Å². The van der Waals surface area contributed by atoms with Gasteiger partial charge in [0, 0.05) is 5.56 Å². The van der Waals surface area contributed by atoms with Gasteiger partial charge in [-0.05, 0) is 12.1 Å². The van der Waals surface area contributed by atoms with E-state index in [0.717, 1.165) is 11.5 Å². The number of aliphatic imine (C=N–C) groups is 1. The fourth-order valence-corrected chi connectivity index (χ4v) is 1.25. The number of benzene rings is 1. The Balaban J connectivity index is 2.24. The van der Waals surface area contributed by atoms with Crippen molar-refractivity contribution in [3.05, 3.63) is 48.6 Å². The molecule has 0 spiro atoms. The van der Waals surface area contributed by atoms with Crippen LogP contribution in [0, 0.1) is 0 Å². The fraction of sp³-hybridized carbons (Fsp3) is 0.182. The zero-order chi connectivity index (χ0) is 9.10. The molecule has 0 bridgehead atoms. The van der Waals surface area contributed by atoms with Crippen molar-refractivity contribution in [2.24, 2.45) is 4.99 Å². The maximum Gasteiger partial charge on any atom is 0.216 e. The molecule has 1 aliphatic rings. The summed E-state index contributed by atoms with van der Waals surface area (Å²) in [7, 11) is 0. The molecule has 1 aliphatic heterocycles. The lowest BCUT2D eigenvalue weighted by Crippen LogP contribution is -2.02. The summed E-state index contributed by atoms with van der Waals surface area (Å²) in [6.07, 6.45) is 1.80. The van der Waals surface area contributed by atoms with E-state index in [-0.39, 0.29) is 6.04 Å². The first-order valence-electron chi connectivity index (χ1n) is 4.29. The minimum atomic E-state index is 0.121. The van der Waals surface area contributed by atoms with Crippen molar-refractivity contribution in [2.75, 3.05) is 6.61 Å². The molecular weight excluding hydrogens is 162 g/mol. The summed E-state index contributed by atoms with van der Waals surface area (Å²) in [6, 6.07) is 10.0. The maximum absolute atomic E-state index is 5.42. The lowest BCUT2D eigenvalue weighted by molar-refractivity contribution is 0.332. The maximum atomic E-state index is 5.42. The molecule has 1 aromatic carbocycles. The molecule has 0 fully saturated rings. The molecule has 2 heteroatoms. The largest absolute Gasteiger partial charge is 0.475 e. The SMILES string of the molecule is C=CC1COC(c2ccccc2)=N1. The lowest BCUT2D eigenvalue weighted by Gasteiger charge is -1.99. The second kappa shape index (κ2) is 3.44. The highest BCUT2D eigenvalue weighted by molar-refractivity contribution is 5.95. The first kappa shape index (κ1) is 8.05. The van der Waals surface area contributed by atoms with Crippen LogP contribution < -0.4 is 0 Å². The van der Waals surface area contributed by atoms with Crippen LogP contribution in [0.15, 0.2) is 48.0 Å². The van der Waals surface area contributed by atoms with Crippen LogP contribution in [-0.4, -0.2) is 18.5 Å². The predicted molar refractivity (Wildman–Crippen MR) is 52.9 cm³/mol. The third-order valence-electron chi connectivity index (χ3n) is 1.97. The Morgan fingerprint density at radius 1 is 1.38 bits per heavy atom. The summed E-state index contributed by atoms with van der Waals surface area (Å²) >= 11 is 0. The Hall–Kier alpha value is -1.57. The summed E-state index contributed by atoms with van der Waals surface area (Å²) in [5.74, 6) is 0.727. The summed E-state index contributed by atoms with van der Waals surface area (Å²) in [4.78, 5) is 4.35. The molecule has 0 radical (unpaired) electrons. The van der Waals surface area contributed by atoms with Crippen LogP contribution in [0.5, 0.6) is 0 Å². The van der Waals surface area contributed by atoms with Crippen LogP contribution in [-0.2, 0) is 4.74 Å². The highest BCUT2D eigenvalue weighted by Gasteiger charge is 2.16. The minimum absolute atomic E-state index is 0.121. The van der Waals surface area contributed by atoms with Gasteiger partial charge in [0.25, 0.3) is 0 Å². The van der Waals surface area contributed by atoms with E-state index in [2.05, 4.69) is 11.6 Å². The highest BCUT2D eigenvalue weighted by Crippen LogP contribution is 2.11. The van der Waals surface area contributed by atoms with E-state index in [1.165, 1.54) is 0 Å². The van der Waals surface area contributed by atoms with Crippen LogP contribution in [0.4, 0.5) is 0 Å². The van der Waals surface area contributed by atoms with Crippen molar-refractivity contribution in [2.45, 2.75) is 6.04 Å². The van der Waals surface area contributed by atoms with E-state index in [9.17, 15) is 0 Å². The van der Waals surface area contributed by atoms with Gasteiger partial charge in [0.1, 0.15) is 12.6 Å². The molecule has 0 saturated carbocycles. The van der Waals surface area contributed by atoms with Gasteiger partial charge in [0.2, 0.25) is 5.90 Å². The van der Waals surface area contributed by atoms with E-state index < -0.39 is 0 Å². The molecule has 0 amide bonds. The van der Waals surface area contributed by atoms with Crippen molar-refractivity contribution in [1.82, 2.24) is 0 Å². The van der Waals surface area contributed by atoms with Crippen LogP contribution in [0.1, 0.15) is 5.56 Å². The van der Waals surface area contributed by atoms with E-state index in [1.807, 2.05) is 30.3 Å². The normalized spacial score (nSPS) is 20.6. The van der Waals surface area contributed by atoms with Crippen LogP contribution in [0.2, 0.25) is 0 Å². The van der Waals surface area contributed by atoms with Gasteiger partial charge in [0.05, 0.1) is 0 Å². The first-order valence-corrected chi connectivity index (χ1v) is 4.29. The van der Waals surface area contributed by atoms with Gasteiger partial charge < -0.3 is 4.74 Å². The summed E-state index contributed by atoms with van der Waals surface area (Å²) in [5.41, 5.74) is 1.03. The van der Waals surface area contributed by atoms with Gasteiger partial charge in [-0.1, -0.05) is 24.3 Å². The summed E-state index contributed by atoms with van der Waals surface area (Å²) in [6.45, 7) is 4.30. The molecule has 66 valence electrons. The molecule has 0 N–H and O–H groups in total. The van der Waals surface area contributed by atoms with E-state index in [4.69, 9.17) is 4.74 Å². The van der Waals surface area contributed by atoms with Gasteiger partial charge in [-0.2, -0.15) is 0 Å². The van der Waals surface area contributed by atoms with Crippen molar-refractivity contribution >= 4 is 5.90 Å². The van der Waals surface area contributed by atoms with Crippen LogP contribution >= 0.6 is 0 Å². The van der Waals surface area contributed by atoms with Crippen molar-refractivity contribution in [1.29, 1.82) is 0 Å². The molecule has 1 heterocycles. The van der Waals surface area contributed by atoms with E-state index >= 15 is 0 Å². The zero-order valence-corrected chi connectivity index (χ0v) is 7.31. The summed E-state index contributed by atoms with van der Waals surface area (Å²) < 4.78 is 5.42. The molecule has 0 saturated heterocycles. The first-order chi connectivity index (χ1) is 6.40. The molecular formula is C11H11NO. The molecule has 1 atom stereocenters. The number of rotatable bonds is 2. The van der Waals surface area contributed by atoms with Crippen molar-refractivity contribution in [3.8, 4) is 0 Å². The van der Waals surface area contributed by atoms with Gasteiger partial charge in [-0.25, -0.2) is 4.99 Å². The smallest absolute Gasteiger partial charge is 0.216 e. The monoisotopic (exact) mass is 173 g/mol. The Labute approximate surface area is 77.6 Å². The van der Waals surface area contributed by atoms with E-state index in [0.29, 0.717) is 6.61 Å². The second-order valence-electron chi connectivity index (χ2n) is 2.91. The fourth-order valence-electron chi connectivity index (χ4n) is 1.25. The van der Waals surface area contributed by atoms with Crippen molar-refractivity contribution in [3.63, 3.8) is 0 Å². The topological polar surface area (TPSA) is 21.6 Å². The van der Waals surface area contributed by atoms with E-state index in [1.54, 1.807) is 6.08 Å². The Bertz CT molecular complexity index is 329. The minimum Gasteiger partial charge on any atom is -0.475 e. The van der Waals surface area contributed by atoms with Gasteiger partial charge in [-0.15, -0.1) is 6.58 Å². The Morgan fingerprint density at radius 2 is 2.15 bits per heavy atom. The zero-order valence-electron chi connectivity index (χ0n) is 7.31.